The molecule has 0 spiro atoms. The molecular weight excluding hydrogens is 434 g/mol. The van der Waals surface area contributed by atoms with Crippen LogP contribution in [0.15, 0.2) is 82.0 Å². The fourth-order valence-electron chi connectivity index (χ4n) is 3.40. The van der Waals surface area contributed by atoms with Crippen LogP contribution in [0.1, 0.15) is 33.2 Å². The van der Waals surface area contributed by atoms with Crippen LogP contribution in [0.2, 0.25) is 0 Å². The summed E-state index contributed by atoms with van der Waals surface area (Å²) < 4.78 is 10.8. The Hall–Kier alpha value is -4.59. The Morgan fingerprint density at radius 2 is 1.74 bits per heavy atom. The minimum atomic E-state index is -0.746. The van der Waals surface area contributed by atoms with Gasteiger partial charge in [-0.15, -0.1) is 0 Å². The molecule has 3 aromatic carbocycles. The summed E-state index contributed by atoms with van der Waals surface area (Å²) in [6.45, 7) is 2.42. The Morgan fingerprint density at radius 1 is 0.971 bits per heavy atom. The summed E-state index contributed by atoms with van der Waals surface area (Å²) in [7, 11) is 0. The number of carbonyl (C=O) groups excluding carboxylic acids is 2. The van der Waals surface area contributed by atoms with Gasteiger partial charge < -0.3 is 25.5 Å². The van der Waals surface area contributed by atoms with Crippen molar-refractivity contribution in [1.29, 1.82) is 0 Å². The zero-order valence-corrected chi connectivity index (χ0v) is 18.5. The van der Waals surface area contributed by atoms with E-state index in [1.54, 1.807) is 66.7 Å². The maximum Gasteiger partial charge on any atom is 0.349 e. The van der Waals surface area contributed by atoms with E-state index in [0.717, 1.165) is 5.56 Å². The van der Waals surface area contributed by atoms with E-state index in [1.165, 1.54) is 6.07 Å². The van der Waals surface area contributed by atoms with Crippen LogP contribution in [0.3, 0.4) is 0 Å². The molecule has 0 aliphatic heterocycles. The van der Waals surface area contributed by atoms with Gasteiger partial charge in [0.15, 0.2) is 11.3 Å². The molecular formula is C26H23N3O5. The average molecular weight is 457 g/mol. The Balaban J connectivity index is 1.42. The highest BCUT2D eigenvalue weighted by molar-refractivity contribution is 6.05. The number of nitrogens with two attached hydrogens (primary N) is 1. The number of nitrogens with one attached hydrogen (secondary N) is 2. The highest BCUT2D eigenvalue weighted by Crippen LogP contribution is 2.25. The van der Waals surface area contributed by atoms with Gasteiger partial charge in [-0.2, -0.15) is 0 Å². The van der Waals surface area contributed by atoms with E-state index >= 15 is 0 Å². The van der Waals surface area contributed by atoms with Crippen molar-refractivity contribution in [2.75, 3.05) is 17.7 Å². The van der Waals surface area contributed by atoms with Crippen LogP contribution in [0.4, 0.5) is 11.4 Å². The number of carbonyl (C=O) groups is 2. The maximum absolute atomic E-state index is 12.6. The number of para-hydroxylation sites is 3. The molecule has 0 radical (unpaired) electrons. The maximum atomic E-state index is 12.6. The Bertz CT molecular complexity index is 1410. The lowest BCUT2D eigenvalue weighted by atomic mass is 10.1. The van der Waals surface area contributed by atoms with E-state index in [-0.39, 0.29) is 18.0 Å². The van der Waals surface area contributed by atoms with E-state index in [2.05, 4.69) is 10.6 Å². The van der Waals surface area contributed by atoms with Crippen molar-refractivity contribution in [3.63, 3.8) is 0 Å². The number of anilines is 2. The largest absolute Gasteiger partial charge is 0.490 e. The van der Waals surface area contributed by atoms with Gasteiger partial charge in [0, 0.05) is 17.5 Å². The number of hydrogen-bond acceptors (Lipinski definition) is 6. The van der Waals surface area contributed by atoms with Gasteiger partial charge in [0.05, 0.1) is 18.0 Å². The second-order valence-corrected chi connectivity index (χ2v) is 7.48. The van der Waals surface area contributed by atoms with Crippen LogP contribution in [-0.2, 0) is 6.54 Å². The van der Waals surface area contributed by atoms with Crippen LogP contribution < -0.4 is 26.7 Å². The zero-order valence-electron chi connectivity index (χ0n) is 18.5. The predicted octanol–water partition coefficient (Wildman–Crippen LogP) is 3.96. The van der Waals surface area contributed by atoms with Crippen molar-refractivity contribution in [3.05, 3.63) is 99.9 Å². The third-order valence-corrected chi connectivity index (χ3v) is 5.15. The van der Waals surface area contributed by atoms with Crippen molar-refractivity contribution in [1.82, 2.24) is 5.32 Å². The first kappa shape index (κ1) is 22.6. The van der Waals surface area contributed by atoms with E-state index in [4.69, 9.17) is 14.9 Å². The summed E-state index contributed by atoms with van der Waals surface area (Å²) in [6, 6.07) is 20.4. The number of amides is 2. The Morgan fingerprint density at radius 3 is 2.47 bits per heavy atom. The summed E-state index contributed by atoms with van der Waals surface area (Å²) in [5, 5.41) is 6.06. The number of rotatable bonds is 7. The van der Waals surface area contributed by atoms with E-state index in [9.17, 15) is 14.4 Å². The minimum absolute atomic E-state index is 0.0994. The normalized spacial score (nSPS) is 10.6. The molecule has 4 aromatic rings. The van der Waals surface area contributed by atoms with Crippen molar-refractivity contribution in [2.45, 2.75) is 13.5 Å². The summed E-state index contributed by atoms with van der Waals surface area (Å²) in [4.78, 5) is 37.5. The smallest absolute Gasteiger partial charge is 0.349 e. The van der Waals surface area contributed by atoms with Gasteiger partial charge >= 0.3 is 5.63 Å². The highest BCUT2D eigenvalue weighted by Gasteiger charge is 2.16. The molecule has 4 rings (SSSR count). The van der Waals surface area contributed by atoms with E-state index in [0.29, 0.717) is 40.3 Å². The summed E-state index contributed by atoms with van der Waals surface area (Å²) in [5.74, 6) is -0.407. The monoisotopic (exact) mass is 457 g/mol. The molecule has 0 saturated heterocycles. The van der Waals surface area contributed by atoms with Gasteiger partial charge in [-0.05, 0) is 48.9 Å². The second-order valence-electron chi connectivity index (χ2n) is 7.48. The Labute approximate surface area is 195 Å². The van der Waals surface area contributed by atoms with Crippen LogP contribution >= 0.6 is 0 Å². The van der Waals surface area contributed by atoms with Gasteiger partial charge in [-0.3, -0.25) is 9.59 Å². The molecule has 8 nitrogen and oxygen atoms in total. The van der Waals surface area contributed by atoms with Gasteiger partial charge in [-0.25, -0.2) is 4.79 Å². The van der Waals surface area contributed by atoms with Crippen LogP contribution in [0.5, 0.6) is 5.75 Å². The lowest BCUT2D eigenvalue weighted by Gasteiger charge is -2.09. The zero-order chi connectivity index (χ0) is 24.1. The van der Waals surface area contributed by atoms with Crippen molar-refractivity contribution >= 4 is 34.2 Å². The summed E-state index contributed by atoms with van der Waals surface area (Å²) >= 11 is 0. The lowest BCUT2D eigenvalue weighted by molar-refractivity contribution is 0.0946. The van der Waals surface area contributed by atoms with E-state index in [1.807, 2.05) is 6.92 Å². The molecule has 34 heavy (non-hydrogen) atoms. The first-order chi connectivity index (χ1) is 16.5. The molecule has 8 heteroatoms. The molecule has 0 unspecified atom stereocenters. The van der Waals surface area contributed by atoms with Crippen molar-refractivity contribution in [2.24, 2.45) is 0 Å². The molecule has 0 saturated carbocycles. The van der Waals surface area contributed by atoms with Crippen LogP contribution in [0, 0.1) is 0 Å². The molecule has 4 N–H and O–H groups in total. The fraction of sp³-hybridized carbons (Fsp3) is 0.115. The standard InChI is InChI=1S/C26H23N3O5/c1-2-33-22-9-5-6-18-14-19(26(32)34-23(18)22)25(31)28-15-16-10-12-17(13-11-16)24(30)29-21-8-4-3-7-20(21)27/h3-14H,2,15,27H2,1H3,(H,28,31)(H,29,30). The number of fused-ring (bicyclic) bond motifs is 1. The molecule has 0 aliphatic rings. The summed E-state index contributed by atoms with van der Waals surface area (Å²) in [6.07, 6.45) is 0. The molecule has 0 aliphatic carbocycles. The third kappa shape index (κ3) is 4.91. The average Bonchev–Trinajstić information content (AvgIpc) is 2.84. The minimum Gasteiger partial charge on any atom is -0.490 e. The van der Waals surface area contributed by atoms with Gasteiger partial charge in [-0.1, -0.05) is 36.4 Å². The third-order valence-electron chi connectivity index (χ3n) is 5.15. The fourth-order valence-corrected chi connectivity index (χ4v) is 3.40. The van der Waals surface area contributed by atoms with Crippen molar-refractivity contribution in [3.8, 4) is 5.75 Å². The number of ether oxygens (including phenoxy) is 1. The molecule has 0 fully saturated rings. The van der Waals surface area contributed by atoms with Gasteiger partial charge in [0.1, 0.15) is 5.56 Å². The van der Waals surface area contributed by atoms with Crippen LogP contribution in [-0.4, -0.2) is 18.4 Å². The predicted molar refractivity (Wildman–Crippen MR) is 130 cm³/mol. The second kappa shape index (κ2) is 9.91. The highest BCUT2D eigenvalue weighted by atomic mass is 16.5. The number of benzene rings is 3. The number of hydrogen-bond donors (Lipinski definition) is 3. The Kier molecular flexibility index (Phi) is 6.59. The first-order valence-corrected chi connectivity index (χ1v) is 10.7. The molecule has 2 amide bonds. The molecule has 172 valence electrons. The van der Waals surface area contributed by atoms with E-state index < -0.39 is 11.5 Å². The quantitative estimate of drug-likeness (QED) is 0.285. The topological polar surface area (TPSA) is 124 Å². The SMILES string of the molecule is CCOc1cccc2cc(C(=O)NCc3ccc(C(=O)Nc4ccccc4N)cc3)c(=O)oc12. The molecule has 1 heterocycles. The molecule has 0 bridgehead atoms. The molecule has 0 atom stereocenters. The van der Waals surface area contributed by atoms with Gasteiger partial charge in [0.2, 0.25) is 0 Å². The van der Waals surface area contributed by atoms with Crippen LogP contribution in [0.25, 0.3) is 11.0 Å². The van der Waals surface area contributed by atoms with Gasteiger partial charge in [0.25, 0.3) is 11.8 Å². The lowest BCUT2D eigenvalue weighted by Crippen LogP contribution is -2.27. The first-order valence-electron chi connectivity index (χ1n) is 10.7. The summed E-state index contributed by atoms with van der Waals surface area (Å²) in [5.41, 5.74) is 7.53. The van der Waals surface area contributed by atoms with Crippen molar-refractivity contribution < 1.29 is 18.7 Å². The number of nitrogen functional groups attached to an aromatic ring is 1. The molecule has 1 aromatic heterocycles.